The molecular formula is C19H29N3O2. The molecule has 5 nitrogen and oxygen atoms in total. The van der Waals surface area contributed by atoms with E-state index in [4.69, 9.17) is 9.47 Å². The number of hydrogen-bond acceptors (Lipinski definition) is 4. The highest BCUT2D eigenvalue weighted by Gasteiger charge is 2.08. The number of ether oxygens (including phenoxy) is 2. The smallest absolute Gasteiger partial charge is 0.161 e. The summed E-state index contributed by atoms with van der Waals surface area (Å²) in [6, 6.07) is 6.14. The second kappa shape index (κ2) is 9.33. The maximum atomic E-state index is 5.68. The van der Waals surface area contributed by atoms with Crippen molar-refractivity contribution in [3.8, 4) is 11.5 Å². The Labute approximate surface area is 145 Å². The summed E-state index contributed by atoms with van der Waals surface area (Å²) in [5.74, 6) is 3.23. The van der Waals surface area contributed by atoms with Gasteiger partial charge in [0.1, 0.15) is 5.82 Å². The summed E-state index contributed by atoms with van der Waals surface area (Å²) >= 11 is 0. The van der Waals surface area contributed by atoms with Gasteiger partial charge in [0.05, 0.1) is 13.2 Å². The molecule has 5 heteroatoms. The lowest BCUT2D eigenvalue weighted by molar-refractivity contribution is 0.287. The van der Waals surface area contributed by atoms with Crippen molar-refractivity contribution < 1.29 is 9.47 Å². The van der Waals surface area contributed by atoms with Gasteiger partial charge in [0, 0.05) is 25.5 Å². The SMILES string of the molecule is CCOc1ccc(CNCC(C)Cn2ccnc2C)cc1OCC. The first kappa shape index (κ1) is 18.3. The average Bonchev–Trinajstić information content (AvgIpc) is 2.95. The molecule has 1 N–H and O–H groups in total. The molecule has 0 saturated carbocycles. The average molecular weight is 331 g/mol. The number of nitrogens with one attached hydrogen (secondary N) is 1. The summed E-state index contributed by atoms with van der Waals surface area (Å²) in [4.78, 5) is 4.26. The Morgan fingerprint density at radius 2 is 1.92 bits per heavy atom. The minimum atomic E-state index is 0.534. The molecular weight excluding hydrogens is 302 g/mol. The standard InChI is InChI=1S/C19H29N3O2/c1-5-23-18-8-7-17(11-19(18)24-6-2)13-20-12-15(3)14-22-10-9-21-16(22)4/h7-11,15,20H,5-6,12-14H2,1-4H3. The lowest BCUT2D eigenvalue weighted by Crippen LogP contribution is -2.24. The Morgan fingerprint density at radius 1 is 1.17 bits per heavy atom. The van der Waals surface area contributed by atoms with Crippen LogP contribution in [0.1, 0.15) is 32.2 Å². The van der Waals surface area contributed by atoms with Gasteiger partial charge in [-0.2, -0.15) is 0 Å². The summed E-state index contributed by atoms with van der Waals surface area (Å²) in [6.45, 7) is 12.3. The van der Waals surface area contributed by atoms with Crippen LogP contribution < -0.4 is 14.8 Å². The van der Waals surface area contributed by atoms with Crippen LogP contribution in [0.2, 0.25) is 0 Å². The Morgan fingerprint density at radius 3 is 2.58 bits per heavy atom. The molecule has 0 saturated heterocycles. The Bertz CT molecular complexity index is 625. The third-order valence-electron chi connectivity index (χ3n) is 3.86. The molecule has 2 rings (SSSR count). The second-order valence-electron chi connectivity index (χ2n) is 6.01. The van der Waals surface area contributed by atoms with Crippen molar-refractivity contribution in [3.63, 3.8) is 0 Å². The summed E-state index contributed by atoms with van der Waals surface area (Å²) in [5.41, 5.74) is 1.20. The van der Waals surface area contributed by atoms with Gasteiger partial charge in [0.25, 0.3) is 0 Å². The highest BCUT2D eigenvalue weighted by molar-refractivity contribution is 5.43. The van der Waals surface area contributed by atoms with Crippen molar-refractivity contribution in [2.24, 2.45) is 5.92 Å². The van der Waals surface area contributed by atoms with Gasteiger partial charge >= 0.3 is 0 Å². The third-order valence-corrected chi connectivity index (χ3v) is 3.86. The number of aromatic nitrogens is 2. The van der Waals surface area contributed by atoms with E-state index in [1.807, 2.05) is 39.2 Å². The zero-order chi connectivity index (χ0) is 17.4. The summed E-state index contributed by atoms with van der Waals surface area (Å²) < 4.78 is 13.5. The monoisotopic (exact) mass is 331 g/mol. The lowest BCUT2D eigenvalue weighted by atomic mass is 10.1. The predicted molar refractivity (Wildman–Crippen MR) is 96.6 cm³/mol. The largest absolute Gasteiger partial charge is 0.490 e. The molecule has 0 fully saturated rings. The van der Waals surface area contributed by atoms with E-state index in [0.717, 1.165) is 37.0 Å². The van der Waals surface area contributed by atoms with Crippen molar-refractivity contribution in [1.82, 2.24) is 14.9 Å². The zero-order valence-corrected chi connectivity index (χ0v) is 15.2. The topological polar surface area (TPSA) is 48.3 Å². The number of hydrogen-bond donors (Lipinski definition) is 1. The number of rotatable bonds is 10. The molecule has 1 aromatic carbocycles. The molecule has 0 aliphatic heterocycles. The van der Waals surface area contributed by atoms with E-state index in [1.165, 1.54) is 5.56 Å². The summed E-state index contributed by atoms with van der Waals surface area (Å²) in [7, 11) is 0. The van der Waals surface area contributed by atoms with E-state index >= 15 is 0 Å². The zero-order valence-electron chi connectivity index (χ0n) is 15.2. The van der Waals surface area contributed by atoms with Crippen molar-refractivity contribution in [2.45, 2.75) is 40.8 Å². The first-order chi connectivity index (χ1) is 11.6. The molecule has 1 unspecified atom stereocenters. The molecule has 0 radical (unpaired) electrons. The van der Waals surface area contributed by atoms with Gasteiger partial charge in [-0.25, -0.2) is 4.98 Å². The maximum absolute atomic E-state index is 5.68. The van der Waals surface area contributed by atoms with Crippen LogP contribution in [0.4, 0.5) is 0 Å². The van der Waals surface area contributed by atoms with E-state index < -0.39 is 0 Å². The second-order valence-corrected chi connectivity index (χ2v) is 6.01. The summed E-state index contributed by atoms with van der Waals surface area (Å²) in [5, 5.41) is 3.52. The van der Waals surface area contributed by atoms with Crippen LogP contribution >= 0.6 is 0 Å². The van der Waals surface area contributed by atoms with Gasteiger partial charge in [0.2, 0.25) is 0 Å². The number of imidazole rings is 1. The maximum Gasteiger partial charge on any atom is 0.161 e. The van der Waals surface area contributed by atoms with Gasteiger partial charge < -0.3 is 19.4 Å². The molecule has 0 bridgehead atoms. The molecule has 0 aliphatic rings. The molecule has 2 aromatic rings. The minimum absolute atomic E-state index is 0.534. The normalized spacial score (nSPS) is 12.2. The first-order valence-corrected chi connectivity index (χ1v) is 8.71. The third kappa shape index (κ3) is 5.27. The van der Waals surface area contributed by atoms with Crippen LogP contribution in [0.5, 0.6) is 11.5 Å². The Kier molecular flexibility index (Phi) is 7.12. The van der Waals surface area contributed by atoms with E-state index in [-0.39, 0.29) is 0 Å². The van der Waals surface area contributed by atoms with Gasteiger partial charge in [-0.05, 0) is 50.9 Å². The van der Waals surface area contributed by atoms with Crippen LogP contribution in [0.3, 0.4) is 0 Å². The van der Waals surface area contributed by atoms with Gasteiger partial charge in [-0.15, -0.1) is 0 Å². The van der Waals surface area contributed by atoms with E-state index in [2.05, 4.69) is 33.9 Å². The first-order valence-electron chi connectivity index (χ1n) is 8.71. The van der Waals surface area contributed by atoms with E-state index in [9.17, 15) is 0 Å². The predicted octanol–water partition coefficient (Wildman–Crippen LogP) is 3.41. The molecule has 1 aromatic heterocycles. The van der Waals surface area contributed by atoms with Gasteiger partial charge in [-0.3, -0.25) is 0 Å². The molecule has 132 valence electrons. The number of aryl methyl sites for hydroxylation is 1. The minimum Gasteiger partial charge on any atom is -0.490 e. The van der Waals surface area contributed by atoms with Gasteiger partial charge in [0.15, 0.2) is 11.5 Å². The van der Waals surface area contributed by atoms with Crippen LogP contribution in [0.15, 0.2) is 30.6 Å². The van der Waals surface area contributed by atoms with Crippen molar-refractivity contribution >= 4 is 0 Å². The summed E-state index contributed by atoms with van der Waals surface area (Å²) in [6.07, 6.45) is 3.89. The lowest BCUT2D eigenvalue weighted by Gasteiger charge is -2.15. The highest BCUT2D eigenvalue weighted by atomic mass is 16.5. The highest BCUT2D eigenvalue weighted by Crippen LogP contribution is 2.28. The number of benzene rings is 1. The van der Waals surface area contributed by atoms with Gasteiger partial charge in [-0.1, -0.05) is 13.0 Å². The molecule has 1 atom stereocenters. The van der Waals surface area contributed by atoms with Crippen molar-refractivity contribution in [2.75, 3.05) is 19.8 Å². The van der Waals surface area contributed by atoms with Crippen molar-refractivity contribution in [1.29, 1.82) is 0 Å². The fourth-order valence-electron chi connectivity index (χ4n) is 2.67. The van der Waals surface area contributed by atoms with Crippen molar-refractivity contribution in [3.05, 3.63) is 42.0 Å². The van der Waals surface area contributed by atoms with Crippen LogP contribution in [-0.2, 0) is 13.1 Å². The quantitative estimate of drug-likeness (QED) is 0.725. The molecule has 0 amide bonds. The Hall–Kier alpha value is -2.01. The van der Waals surface area contributed by atoms with E-state index in [0.29, 0.717) is 19.1 Å². The van der Waals surface area contributed by atoms with E-state index in [1.54, 1.807) is 0 Å². The Balaban J connectivity index is 1.85. The fourth-order valence-corrected chi connectivity index (χ4v) is 2.67. The number of nitrogens with zero attached hydrogens (tertiary/aromatic N) is 2. The van der Waals surface area contributed by atoms with Crippen LogP contribution in [0, 0.1) is 12.8 Å². The molecule has 1 heterocycles. The van der Waals surface area contributed by atoms with Crippen LogP contribution in [0.25, 0.3) is 0 Å². The molecule has 0 aliphatic carbocycles. The van der Waals surface area contributed by atoms with Crippen LogP contribution in [-0.4, -0.2) is 29.3 Å². The fraction of sp³-hybridized carbons (Fsp3) is 0.526. The molecule has 0 spiro atoms. The molecule has 24 heavy (non-hydrogen) atoms.